The Hall–Kier alpha value is -1.02. The van der Waals surface area contributed by atoms with E-state index in [1.54, 1.807) is 0 Å². The van der Waals surface area contributed by atoms with Crippen molar-refractivity contribution in [3.05, 3.63) is 29.3 Å². The van der Waals surface area contributed by atoms with Crippen LogP contribution in [0.5, 0.6) is 5.75 Å². The molecular weight excluding hydrogens is 234 g/mol. The van der Waals surface area contributed by atoms with E-state index in [1.165, 1.54) is 36.8 Å². The van der Waals surface area contributed by atoms with E-state index in [1.807, 2.05) is 0 Å². The topological polar surface area (TPSA) is 21.3 Å². The fraction of sp³-hybridized carbons (Fsp3) is 0.647. The molecule has 1 aliphatic heterocycles. The molecule has 3 rings (SSSR count). The summed E-state index contributed by atoms with van der Waals surface area (Å²) in [6.45, 7) is 5.39. The number of ether oxygens (including phenoxy) is 1. The van der Waals surface area contributed by atoms with Crippen LogP contribution in [0.15, 0.2) is 18.2 Å². The Balaban J connectivity index is 1.76. The average Bonchev–Trinajstić information content (AvgIpc) is 2.71. The van der Waals surface area contributed by atoms with Gasteiger partial charge in [0.25, 0.3) is 0 Å². The van der Waals surface area contributed by atoms with Gasteiger partial charge in [-0.15, -0.1) is 0 Å². The first kappa shape index (κ1) is 13.0. The maximum absolute atomic E-state index is 5.79. The second kappa shape index (κ2) is 5.54. The summed E-state index contributed by atoms with van der Waals surface area (Å²) in [4.78, 5) is 0. The van der Waals surface area contributed by atoms with E-state index < -0.39 is 0 Å². The van der Waals surface area contributed by atoms with Crippen molar-refractivity contribution in [2.75, 3.05) is 6.54 Å². The largest absolute Gasteiger partial charge is 0.490 e. The zero-order valence-electron chi connectivity index (χ0n) is 12.1. The van der Waals surface area contributed by atoms with Gasteiger partial charge in [-0.3, -0.25) is 0 Å². The highest BCUT2D eigenvalue weighted by molar-refractivity contribution is 5.41. The summed E-state index contributed by atoms with van der Waals surface area (Å²) in [7, 11) is 0. The van der Waals surface area contributed by atoms with E-state index in [-0.39, 0.29) is 0 Å². The highest BCUT2D eigenvalue weighted by Crippen LogP contribution is 2.37. The van der Waals surface area contributed by atoms with Crippen molar-refractivity contribution in [2.45, 2.75) is 58.1 Å². The Morgan fingerprint density at radius 2 is 2.21 bits per heavy atom. The Morgan fingerprint density at radius 3 is 2.89 bits per heavy atom. The number of fused-ring (bicyclic) bond motifs is 1. The molecule has 0 amide bonds. The van der Waals surface area contributed by atoms with Crippen LogP contribution in [0.3, 0.4) is 0 Å². The lowest BCUT2D eigenvalue weighted by atomic mass is 9.79. The molecule has 19 heavy (non-hydrogen) atoms. The number of rotatable bonds is 5. The lowest BCUT2D eigenvalue weighted by Gasteiger charge is -2.30. The molecule has 0 radical (unpaired) electrons. The first-order valence-electron chi connectivity index (χ1n) is 7.79. The van der Waals surface area contributed by atoms with Gasteiger partial charge < -0.3 is 10.1 Å². The van der Waals surface area contributed by atoms with Gasteiger partial charge in [-0.05, 0) is 43.0 Å². The molecule has 104 valence electrons. The fourth-order valence-electron chi connectivity index (χ4n) is 3.30. The number of hydrogen-bond acceptors (Lipinski definition) is 2. The first-order valence-corrected chi connectivity index (χ1v) is 7.79. The maximum Gasteiger partial charge on any atom is 0.123 e. The monoisotopic (exact) mass is 259 g/mol. The Labute approximate surface area is 116 Å². The van der Waals surface area contributed by atoms with Crippen LogP contribution in [-0.4, -0.2) is 12.6 Å². The third-order valence-electron chi connectivity index (χ3n) is 4.57. The number of benzene rings is 1. The highest BCUT2D eigenvalue weighted by atomic mass is 16.5. The van der Waals surface area contributed by atoms with Gasteiger partial charge in [-0.1, -0.05) is 38.3 Å². The van der Waals surface area contributed by atoms with Gasteiger partial charge in [-0.2, -0.15) is 0 Å². The van der Waals surface area contributed by atoms with Crippen LogP contribution in [-0.2, 0) is 6.42 Å². The predicted molar refractivity (Wildman–Crippen MR) is 78.6 cm³/mol. The maximum atomic E-state index is 5.79. The molecule has 2 heteroatoms. The van der Waals surface area contributed by atoms with Gasteiger partial charge in [-0.25, -0.2) is 0 Å². The quantitative estimate of drug-likeness (QED) is 0.867. The lowest BCUT2D eigenvalue weighted by Crippen LogP contribution is -2.25. The molecule has 0 aromatic heterocycles. The van der Waals surface area contributed by atoms with Crippen molar-refractivity contribution < 1.29 is 4.74 Å². The van der Waals surface area contributed by atoms with Crippen LogP contribution in [0, 0.1) is 5.92 Å². The molecule has 1 heterocycles. The minimum atomic E-state index is 0.342. The summed E-state index contributed by atoms with van der Waals surface area (Å²) in [6.07, 6.45) is 6.97. The minimum Gasteiger partial charge on any atom is -0.490 e. The second-order valence-electron chi connectivity index (χ2n) is 6.14. The SMILES string of the molecule is CCNC(CC1CCC1)c1ccc2c(c1)CC(C)O2. The lowest BCUT2D eigenvalue weighted by molar-refractivity contribution is 0.254. The zero-order chi connectivity index (χ0) is 13.2. The normalized spacial score (nSPS) is 23.6. The second-order valence-corrected chi connectivity index (χ2v) is 6.14. The zero-order valence-corrected chi connectivity index (χ0v) is 12.1. The van der Waals surface area contributed by atoms with E-state index in [0.717, 1.165) is 24.6 Å². The van der Waals surface area contributed by atoms with Crippen molar-refractivity contribution in [1.82, 2.24) is 5.32 Å². The minimum absolute atomic E-state index is 0.342. The summed E-state index contributed by atoms with van der Waals surface area (Å²) >= 11 is 0. The van der Waals surface area contributed by atoms with Crippen molar-refractivity contribution >= 4 is 0 Å². The van der Waals surface area contributed by atoms with Crippen LogP contribution in [0.25, 0.3) is 0 Å². The van der Waals surface area contributed by atoms with Crippen LogP contribution >= 0.6 is 0 Å². The van der Waals surface area contributed by atoms with E-state index in [9.17, 15) is 0 Å². The molecule has 2 unspecified atom stereocenters. The van der Waals surface area contributed by atoms with Crippen LogP contribution < -0.4 is 10.1 Å². The summed E-state index contributed by atoms with van der Waals surface area (Å²) < 4.78 is 5.79. The van der Waals surface area contributed by atoms with Crippen molar-refractivity contribution in [1.29, 1.82) is 0 Å². The number of hydrogen-bond donors (Lipinski definition) is 1. The Kier molecular flexibility index (Phi) is 3.79. The van der Waals surface area contributed by atoms with Gasteiger partial charge in [0.1, 0.15) is 11.9 Å². The van der Waals surface area contributed by atoms with Gasteiger partial charge >= 0.3 is 0 Å². The third-order valence-corrected chi connectivity index (χ3v) is 4.57. The first-order chi connectivity index (χ1) is 9.26. The van der Waals surface area contributed by atoms with Crippen LogP contribution in [0.2, 0.25) is 0 Å². The van der Waals surface area contributed by atoms with Gasteiger partial charge in [0.15, 0.2) is 0 Å². The molecule has 1 saturated carbocycles. The Morgan fingerprint density at radius 1 is 1.37 bits per heavy atom. The molecule has 0 saturated heterocycles. The molecule has 2 aliphatic rings. The molecule has 2 nitrogen and oxygen atoms in total. The summed E-state index contributed by atoms with van der Waals surface area (Å²) in [5, 5.41) is 3.66. The number of nitrogens with one attached hydrogen (secondary N) is 1. The molecule has 1 aliphatic carbocycles. The summed E-state index contributed by atoms with van der Waals surface area (Å²) in [5.74, 6) is 2.03. The molecule has 1 aromatic rings. The highest BCUT2D eigenvalue weighted by Gasteiger charge is 2.25. The average molecular weight is 259 g/mol. The molecular formula is C17H25NO. The van der Waals surface area contributed by atoms with Crippen molar-refractivity contribution in [3.63, 3.8) is 0 Å². The van der Waals surface area contributed by atoms with Crippen LogP contribution in [0.1, 0.15) is 56.7 Å². The molecule has 1 aromatic carbocycles. The predicted octanol–water partition coefficient (Wildman–Crippen LogP) is 3.85. The van der Waals surface area contributed by atoms with Gasteiger partial charge in [0.2, 0.25) is 0 Å². The van der Waals surface area contributed by atoms with Gasteiger partial charge in [0.05, 0.1) is 0 Å². The van der Waals surface area contributed by atoms with Crippen LogP contribution in [0.4, 0.5) is 0 Å². The van der Waals surface area contributed by atoms with Gasteiger partial charge in [0, 0.05) is 12.5 Å². The van der Waals surface area contributed by atoms with Crippen molar-refractivity contribution in [3.8, 4) is 5.75 Å². The standard InChI is InChI=1S/C17H25NO/c1-3-18-16(10-13-5-4-6-13)14-7-8-17-15(11-14)9-12(2)19-17/h7-8,11-13,16,18H,3-6,9-10H2,1-2H3. The third kappa shape index (κ3) is 2.79. The molecule has 0 bridgehead atoms. The fourth-order valence-corrected chi connectivity index (χ4v) is 3.30. The van der Waals surface area contributed by atoms with Crippen molar-refractivity contribution in [2.24, 2.45) is 5.92 Å². The summed E-state index contributed by atoms with van der Waals surface area (Å²) in [6, 6.07) is 7.31. The molecule has 1 N–H and O–H groups in total. The van der Waals surface area contributed by atoms with E-state index in [0.29, 0.717) is 12.1 Å². The smallest absolute Gasteiger partial charge is 0.123 e. The Bertz CT molecular complexity index is 439. The van der Waals surface area contributed by atoms with E-state index >= 15 is 0 Å². The molecule has 1 fully saturated rings. The van der Waals surface area contributed by atoms with E-state index in [4.69, 9.17) is 4.74 Å². The summed E-state index contributed by atoms with van der Waals surface area (Å²) in [5.41, 5.74) is 2.84. The molecule has 2 atom stereocenters. The van der Waals surface area contributed by atoms with E-state index in [2.05, 4.69) is 37.4 Å². The molecule has 0 spiro atoms.